The molecule has 0 spiro atoms. The summed E-state index contributed by atoms with van der Waals surface area (Å²) in [5.74, 6) is 1.39. The Balaban J connectivity index is 1.78. The molecule has 2 fully saturated rings. The van der Waals surface area contributed by atoms with Crippen LogP contribution in [-0.2, 0) is 10.8 Å². The molecule has 4 atom stereocenters. The third-order valence-electron chi connectivity index (χ3n) is 7.25. The van der Waals surface area contributed by atoms with E-state index in [-0.39, 0.29) is 10.8 Å². The van der Waals surface area contributed by atoms with Crippen LogP contribution in [0.1, 0.15) is 31.4 Å². The van der Waals surface area contributed by atoms with Gasteiger partial charge in [0.1, 0.15) is 0 Å². The number of hydrogen-bond donors (Lipinski definition) is 0. The molecule has 0 bridgehead atoms. The van der Waals surface area contributed by atoms with Gasteiger partial charge in [-0.1, -0.05) is 96.5 Å². The molecule has 23 heavy (non-hydrogen) atoms. The molecule has 0 nitrogen and oxygen atoms in total. The van der Waals surface area contributed by atoms with E-state index in [0.29, 0.717) is 11.3 Å². The van der Waals surface area contributed by atoms with Gasteiger partial charge in [0, 0.05) is 10.8 Å². The van der Waals surface area contributed by atoms with Gasteiger partial charge in [-0.2, -0.15) is 0 Å². The molecule has 2 saturated carbocycles. The highest BCUT2D eigenvalue weighted by molar-refractivity contribution is 9.11. The Hall–Kier alpha value is -1.34. The van der Waals surface area contributed by atoms with Gasteiger partial charge in [0.25, 0.3) is 0 Å². The van der Waals surface area contributed by atoms with Gasteiger partial charge in [-0.25, -0.2) is 0 Å². The summed E-state index contributed by atoms with van der Waals surface area (Å²) in [5, 5.41) is 0. The summed E-state index contributed by atoms with van der Waals surface area (Å²) < 4.78 is 1.40. The fourth-order valence-corrected chi connectivity index (χ4v) is 7.47. The first-order chi connectivity index (χ1) is 11.1. The van der Waals surface area contributed by atoms with E-state index >= 15 is 0 Å². The Morgan fingerprint density at radius 1 is 0.826 bits per heavy atom. The van der Waals surface area contributed by atoms with Crippen molar-refractivity contribution in [2.45, 2.75) is 31.1 Å². The lowest BCUT2D eigenvalue weighted by Gasteiger charge is -2.48. The molecular weight excluding hydrogens is 344 g/mol. The zero-order valence-electron chi connectivity index (χ0n) is 13.6. The van der Waals surface area contributed by atoms with E-state index in [1.54, 1.807) is 0 Å². The van der Waals surface area contributed by atoms with Crippen LogP contribution in [0.5, 0.6) is 0 Å². The lowest BCUT2D eigenvalue weighted by Crippen LogP contribution is -2.49. The maximum atomic E-state index is 3.80. The number of allylic oxidation sites excluding steroid dienone is 2. The molecule has 0 saturated heterocycles. The van der Waals surface area contributed by atoms with E-state index in [1.165, 1.54) is 22.0 Å². The largest absolute Gasteiger partial charge is 0.0700 e. The quantitative estimate of drug-likeness (QED) is 0.628. The normalized spacial score (nSPS) is 39.0. The van der Waals surface area contributed by atoms with Crippen molar-refractivity contribution in [3.8, 4) is 0 Å². The fraction of sp³-hybridized carbons (Fsp3) is 0.364. The minimum absolute atomic E-state index is 0.253. The number of rotatable bonds is 2. The predicted molar refractivity (Wildman–Crippen MR) is 98.6 cm³/mol. The maximum absolute atomic E-state index is 3.80. The third kappa shape index (κ3) is 1.26. The van der Waals surface area contributed by atoms with Gasteiger partial charge in [0.05, 0.1) is 0 Å². The third-order valence-corrected chi connectivity index (χ3v) is 7.84. The van der Waals surface area contributed by atoms with Crippen molar-refractivity contribution < 1.29 is 0 Å². The van der Waals surface area contributed by atoms with Crippen molar-refractivity contribution in [1.29, 1.82) is 0 Å². The first-order valence-electron chi connectivity index (χ1n) is 8.55. The minimum Gasteiger partial charge on any atom is -0.0700 e. The molecule has 0 aliphatic heterocycles. The van der Waals surface area contributed by atoms with Crippen LogP contribution in [-0.4, -0.2) is 0 Å². The van der Waals surface area contributed by atoms with E-state index in [0.717, 1.165) is 5.92 Å². The summed E-state index contributed by atoms with van der Waals surface area (Å²) in [5.41, 5.74) is 3.88. The average molecular weight is 365 g/mol. The van der Waals surface area contributed by atoms with Crippen LogP contribution < -0.4 is 0 Å². The summed E-state index contributed by atoms with van der Waals surface area (Å²) in [6.07, 6.45) is 3.70. The topological polar surface area (TPSA) is 0 Å². The molecular formula is C22H21Br. The van der Waals surface area contributed by atoms with Gasteiger partial charge >= 0.3 is 0 Å². The maximum Gasteiger partial charge on any atom is 0.0184 e. The fourth-order valence-electron chi connectivity index (χ4n) is 6.83. The summed E-state index contributed by atoms with van der Waals surface area (Å²) in [6, 6.07) is 22.5. The summed E-state index contributed by atoms with van der Waals surface area (Å²) in [4.78, 5) is 0. The monoisotopic (exact) mass is 364 g/mol. The summed E-state index contributed by atoms with van der Waals surface area (Å²) >= 11 is 3.80. The Kier molecular flexibility index (Phi) is 2.56. The van der Waals surface area contributed by atoms with Gasteiger partial charge in [0.15, 0.2) is 0 Å². The Bertz CT molecular complexity index is 804. The van der Waals surface area contributed by atoms with Crippen LogP contribution in [0.4, 0.5) is 0 Å². The number of halogens is 1. The summed E-state index contributed by atoms with van der Waals surface area (Å²) in [6.45, 7) is 4.99. The molecule has 116 valence electrons. The molecule has 2 aromatic carbocycles. The van der Waals surface area contributed by atoms with E-state index in [2.05, 4.69) is 96.5 Å². The lowest BCUT2D eigenvalue weighted by atomic mass is 9.54. The lowest BCUT2D eigenvalue weighted by molar-refractivity contribution is 0.145. The molecule has 0 unspecified atom stereocenters. The second kappa shape index (κ2) is 4.19. The molecule has 5 rings (SSSR count). The van der Waals surface area contributed by atoms with Crippen LogP contribution in [0.15, 0.2) is 71.2 Å². The zero-order chi connectivity index (χ0) is 15.9. The standard InChI is InChI=1S/C22H21Br/c1-20(2)21(15-9-5-3-6-10-15)18-13-17(23)14-19(18)22(20,21)16-11-7-4-8-12-16/h3-13,18-19H,14H2,1-2H3/t18-,19+,21+,22+/m1/s1. The van der Waals surface area contributed by atoms with E-state index in [9.17, 15) is 0 Å². The SMILES string of the molecule is CC1(C)[C@]2(c3ccccc3)[C@@H]3C=C(Br)C[C@@H]3[C@@]12c1ccccc1. The van der Waals surface area contributed by atoms with Crippen LogP contribution in [0.3, 0.4) is 0 Å². The number of benzene rings is 2. The summed E-state index contributed by atoms with van der Waals surface area (Å²) in [7, 11) is 0. The van der Waals surface area contributed by atoms with E-state index < -0.39 is 0 Å². The van der Waals surface area contributed by atoms with Crippen molar-refractivity contribution in [3.05, 3.63) is 82.3 Å². The van der Waals surface area contributed by atoms with Gasteiger partial charge in [0.2, 0.25) is 0 Å². The van der Waals surface area contributed by atoms with Crippen LogP contribution in [0.25, 0.3) is 0 Å². The molecule has 0 radical (unpaired) electrons. The second-order valence-corrected chi connectivity index (χ2v) is 8.94. The molecule has 1 heteroatoms. The van der Waals surface area contributed by atoms with Crippen molar-refractivity contribution in [2.24, 2.45) is 17.3 Å². The predicted octanol–water partition coefficient (Wildman–Crippen LogP) is 5.83. The smallest absolute Gasteiger partial charge is 0.0184 e. The van der Waals surface area contributed by atoms with Crippen molar-refractivity contribution in [1.82, 2.24) is 0 Å². The second-order valence-electron chi connectivity index (χ2n) is 7.92. The van der Waals surface area contributed by atoms with E-state index in [1.807, 2.05) is 0 Å². The first-order valence-corrected chi connectivity index (χ1v) is 9.35. The molecule has 0 aromatic heterocycles. The van der Waals surface area contributed by atoms with Crippen LogP contribution in [0, 0.1) is 17.3 Å². The molecule has 3 aliphatic carbocycles. The van der Waals surface area contributed by atoms with Crippen molar-refractivity contribution in [2.75, 3.05) is 0 Å². The Labute approximate surface area is 146 Å². The first kappa shape index (κ1) is 14.0. The zero-order valence-corrected chi connectivity index (χ0v) is 15.2. The van der Waals surface area contributed by atoms with Gasteiger partial charge in [-0.3, -0.25) is 0 Å². The highest BCUT2D eigenvalue weighted by Crippen LogP contribution is 2.94. The van der Waals surface area contributed by atoms with E-state index in [4.69, 9.17) is 0 Å². The number of fused-ring (bicyclic) bond motifs is 4. The van der Waals surface area contributed by atoms with Crippen LogP contribution >= 0.6 is 15.9 Å². The molecule has 0 N–H and O–H groups in total. The molecule has 3 aliphatic rings. The average Bonchev–Trinajstić information content (AvgIpc) is 2.73. The van der Waals surface area contributed by atoms with Crippen molar-refractivity contribution >= 4 is 15.9 Å². The van der Waals surface area contributed by atoms with Gasteiger partial charge in [-0.05, 0) is 39.3 Å². The van der Waals surface area contributed by atoms with Gasteiger partial charge in [-0.15, -0.1) is 0 Å². The minimum atomic E-state index is 0.253. The molecule has 0 amide bonds. The van der Waals surface area contributed by atoms with Gasteiger partial charge < -0.3 is 0 Å². The van der Waals surface area contributed by atoms with Crippen LogP contribution in [0.2, 0.25) is 0 Å². The molecule has 0 heterocycles. The Morgan fingerprint density at radius 3 is 1.91 bits per heavy atom. The molecule has 2 aromatic rings. The number of hydrogen-bond acceptors (Lipinski definition) is 0. The highest BCUT2D eigenvalue weighted by Gasteiger charge is 2.95. The van der Waals surface area contributed by atoms with Crippen molar-refractivity contribution in [3.63, 3.8) is 0 Å². The highest BCUT2D eigenvalue weighted by atomic mass is 79.9. The Morgan fingerprint density at radius 2 is 1.35 bits per heavy atom.